The number of nitrogens with zero attached hydrogens (tertiary/aromatic N) is 1. The first-order valence-corrected chi connectivity index (χ1v) is 14.2. The molecule has 1 aromatic heterocycles. The fraction of sp³-hybridized carbons (Fsp3) is 0.483. The van der Waals surface area contributed by atoms with E-state index in [-0.39, 0.29) is 30.4 Å². The maximum Gasteiger partial charge on any atom is 0.331 e. The number of carbonyl (C=O) groups excluding carboxylic acids is 4. The van der Waals surface area contributed by atoms with Gasteiger partial charge < -0.3 is 33.7 Å². The molecule has 2 aromatic rings. The summed E-state index contributed by atoms with van der Waals surface area (Å²) < 4.78 is 32.9. The maximum atomic E-state index is 13.3. The van der Waals surface area contributed by atoms with Crippen molar-refractivity contribution in [3.05, 3.63) is 51.8 Å². The van der Waals surface area contributed by atoms with E-state index < -0.39 is 60.7 Å². The van der Waals surface area contributed by atoms with E-state index >= 15 is 0 Å². The van der Waals surface area contributed by atoms with Crippen molar-refractivity contribution < 1.29 is 47.6 Å². The van der Waals surface area contributed by atoms with E-state index in [4.69, 9.17) is 51.6 Å². The Morgan fingerprint density at radius 2 is 1.91 bits per heavy atom. The molecule has 0 spiro atoms. The average Bonchev–Trinajstić information content (AvgIpc) is 2.99. The standard InChI is InChI=1S/C29H34Cl2N2O10/c1-15(2)28(36)43-25-16(3)42-29(37)22(13-39-12-19(25)10-18-6-7-20(30)11-21(18)31)33-27(35)24-26(41-14-40-17(4)34)23(38-5)8-9-32-24/h6-9,11,15-16,19,22,25H,10,12-14H2,1-5H3,(H,33,35). The molecule has 1 saturated heterocycles. The highest BCUT2D eigenvalue weighted by molar-refractivity contribution is 6.35. The van der Waals surface area contributed by atoms with E-state index in [2.05, 4.69) is 10.3 Å². The van der Waals surface area contributed by atoms with Crippen LogP contribution in [0.5, 0.6) is 11.5 Å². The van der Waals surface area contributed by atoms with Crippen LogP contribution in [0.1, 0.15) is 43.7 Å². The average molecular weight is 642 g/mol. The summed E-state index contributed by atoms with van der Waals surface area (Å²) >= 11 is 12.5. The monoisotopic (exact) mass is 640 g/mol. The molecular weight excluding hydrogens is 607 g/mol. The van der Waals surface area contributed by atoms with Gasteiger partial charge in [0, 0.05) is 35.2 Å². The number of nitrogens with one attached hydrogen (secondary N) is 1. The summed E-state index contributed by atoms with van der Waals surface area (Å²) in [5.74, 6) is -3.56. The normalized spacial score (nSPS) is 20.6. The third-order valence-corrected chi connectivity index (χ3v) is 7.01. The Kier molecular flexibility index (Phi) is 12.4. The minimum Gasteiger partial charge on any atom is -0.493 e. The van der Waals surface area contributed by atoms with Crippen molar-refractivity contribution in [1.82, 2.24) is 10.3 Å². The SMILES string of the molecule is COc1ccnc(C(=O)NC2COCC(Cc3ccc(Cl)cc3Cl)C(OC(=O)C(C)C)C(C)OC2=O)c1OCOC(C)=O. The number of aromatic nitrogens is 1. The van der Waals surface area contributed by atoms with Crippen molar-refractivity contribution >= 4 is 47.0 Å². The van der Waals surface area contributed by atoms with Crippen molar-refractivity contribution in [3.63, 3.8) is 0 Å². The molecule has 4 unspecified atom stereocenters. The van der Waals surface area contributed by atoms with Crippen molar-refractivity contribution in [1.29, 1.82) is 0 Å². The lowest BCUT2D eigenvalue weighted by molar-refractivity contribution is -0.173. The molecule has 0 saturated carbocycles. The van der Waals surface area contributed by atoms with E-state index in [1.165, 1.54) is 26.3 Å². The summed E-state index contributed by atoms with van der Waals surface area (Å²) in [7, 11) is 1.36. The summed E-state index contributed by atoms with van der Waals surface area (Å²) in [6.45, 7) is 5.46. The Balaban J connectivity index is 1.84. The molecule has 1 amide bonds. The highest BCUT2D eigenvalue weighted by Gasteiger charge is 2.38. The molecule has 43 heavy (non-hydrogen) atoms. The number of rotatable bonds is 10. The van der Waals surface area contributed by atoms with Crippen LogP contribution in [0.15, 0.2) is 30.5 Å². The largest absolute Gasteiger partial charge is 0.493 e. The minimum atomic E-state index is -1.26. The zero-order chi connectivity index (χ0) is 31.7. The number of hydrogen-bond acceptors (Lipinski definition) is 11. The van der Waals surface area contributed by atoms with Gasteiger partial charge in [-0.05, 0) is 31.0 Å². The first-order chi connectivity index (χ1) is 20.4. The molecule has 3 rings (SSSR count). The van der Waals surface area contributed by atoms with Crippen LogP contribution < -0.4 is 14.8 Å². The molecule has 4 atom stereocenters. The van der Waals surface area contributed by atoms with Gasteiger partial charge in [0.2, 0.25) is 6.79 Å². The summed E-state index contributed by atoms with van der Waals surface area (Å²) in [5.41, 5.74) is 0.504. The first-order valence-electron chi connectivity index (χ1n) is 13.4. The number of cyclic esters (lactones) is 1. The van der Waals surface area contributed by atoms with Gasteiger partial charge in [-0.2, -0.15) is 0 Å². The van der Waals surface area contributed by atoms with Gasteiger partial charge in [-0.3, -0.25) is 14.4 Å². The van der Waals surface area contributed by atoms with Crippen LogP contribution in [0.3, 0.4) is 0 Å². The molecule has 1 aliphatic heterocycles. The molecule has 1 aromatic carbocycles. The lowest BCUT2D eigenvalue weighted by Gasteiger charge is -2.31. The Hall–Kier alpha value is -3.61. The third-order valence-electron chi connectivity index (χ3n) is 6.43. The molecular formula is C29H34Cl2N2O10. The number of pyridine rings is 1. The zero-order valence-electron chi connectivity index (χ0n) is 24.4. The Bertz CT molecular complexity index is 1320. The topological polar surface area (TPSA) is 149 Å². The molecule has 0 bridgehead atoms. The predicted molar refractivity (Wildman–Crippen MR) is 154 cm³/mol. The number of ether oxygens (including phenoxy) is 6. The van der Waals surface area contributed by atoms with Crippen molar-refractivity contribution in [3.8, 4) is 11.5 Å². The van der Waals surface area contributed by atoms with Crippen LogP contribution in [0.2, 0.25) is 10.0 Å². The van der Waals surface area contributed by atoms with Gasteiger partial charge in [0.25, 0.3) is 5.91 Å². The second-order valence-corrected chi connectivity index (χ2v) is 10.9. The molecule has 0 radical (unpaired) electrons. The highest BCUT2D eigenvalue weighted by atomic mass is 35.5. The number of amides is 1. The number of carbonyl (C=O) groups is 4. The van der Waals surface area contributed by atoms with Crippen LogP contribution in [-0.4, -0.2) is 74.2 Å². The van der Waals surface area contributed by atoms with Gasteiger partial charge in [0.05, 0.1) is 26.2 Å². The quantitative estimate of drug-likeness (QED) is 0.230. The van der Waals surface area contributed by atoms with E-state index in [0.29, 0.717) is 16.5 Å². The highest BCUT2D eigenvalue weighted by Crippen LogP contribution is 2.31. The summed E-state index contributed by atoms with van der Waals surface area (Å²) in [6, 6.07) is 5.25. The van der Waals surface area contributed by atoms with Crippen molar-refractivity contribution in [2.24, 2.45) is 11.8 Å². The van der Waals surface area contributed by atoms with E-state index in [0.717, 1.165) is 5.56 Å². The van der Waals surface area contributed by atoms with E-state index in [1.54, 1.807) is 39.0 Å². The Labute approximate surface area is 259 Å². The van der Waals surface area contributed by atoms with Crippen LogP contribution in [0.4, 0.5) is 0 Å². The molecule has 14 heteroatoms. The summed E-state index contributed by atoms with van der Waals surface area (Å²) in [6.07, 6.45) is -0.166. The predicted octanol–water partition coefficient (Wildman–Crippen LogP) is 3.78. The maximum absolute atomic E-state index is 13.3. The van der Waals surface area contributed by atoms with E-state index in [1.807, 2.05) is 0 Å². The van der Waals surface area contributed by atoms with Gasteiger partial charge in [-0.1, -0.05) is 43.1 Å². The van der Waals surface area contributed by atoms with E-state index in [9.17, 15) is 19.2 Å². The van der Waals surface area contributed by atoms with Crippen LogP contribution in [0, 0.1) is 11.8 Å². The fourth-order valence-electron chi connectivity index (χ4n) is 4.21. The van der Waals surface area contributed by atoms with Gasteiger partial charge >= 0.3 is 17.9 Å². The van der Waals surface area contributed by atoms with Crippen LogP contribution in [-0.2, 0) is 39.8 Å². The zero-order valence-corrected chi connectivity index (χ0v) is 25.9. The molecule has 234 valence electrons. The Morgan fingerprint density at radius 1 is 1.16 bits per heavy atom. The van der Waals surface area contributed by atoms with Crippen LogP contribution >= 0.6 is 23.2 Å². The number of hydrogen-bond donors (Lipinski definition) is 1. The molecule has 1 N–H and O–H groups in total. The van der Waals surface area contributed by atoms with Gasteiger partial charge in [-0.25, -0.2) is 9.78 Å². The summed E-state index contributed by atoms with van der Waals surface area (Å²) in [4.78, 5) is 54.4. The number of halogens is 2. The third kappa shape index (κ3) is 9.44. The Morgan fingerprint density at radius 3 is 2.56 bits per heavy atom. The molecule has 12 nitrogen and oxygen atoms in total. The summed E-state index contributed by atoms with van der Waals surface area (Å²) in [5, 5.41) is 3.45. The molecule has 2 heterocycles. The smallest absolute Gasteiger partial charge is 0.331 e. The van der Waals surface area contributed by atoms with Crippen molar-refractivity contribution in [2.45, 2.75) is 52.4 Å². The molecule has 0 aliphatic carbocycles. The first kappa shape index (κ1) is 33.9. The van der Waals surface area contributed by atoms with Gasteiger partial charge in [0.1, 0.15) is 12.2 Å². The molecule has 1 fully saturated rings. The second kappa shape index (κ2) is 15.7. The fourth-order valence-corrected chi connectivity index (χ4v) is 4.70. The number of methoxy groups -OCH3 is 1. The van der Waals surface area contributed by atoms with Gasteiger partial charge in [0.15, 0.2) is 23.2 Å². The number of esters is 3. The second-order valence-electron chi connectivity index (χ2n) is 10.1. The minimum absolute atomic E-state index is 0.0382. The van der Waals surface area contributed by atoms with Gasteiger partial charge in [-0.15, -0.1) is 0 Å². The lowest BCUT2D eigenvalue weighted by Crippen LogP contribution is -2.47. The lowest BCUT2D eigenvalue weighted by atomic mass is 9.91. The molecule has 1 aliphatic rings. The van der Waals surface area contributed by atoms with Crippen LogP contribution in [0.25, 0.3) is 0 Å². The van der Waals surface area contributed by atoms with Crippen molar-refractivity contribution in [2.75, 3.05) is 27.1 Å². The number of benzene rings is 1.